The lowest BCUT2D eigenvalue weighted by atomic mass is 10.0. The first-order chi connectivity index (χ1) is 10.3. The van der Waals surface area contributed by atoms with Gasteiger partial charge in [0.1, 0.15) is 17.9 Å². The number of carbonyl (C=O) groups is 2. The van der Waals surface area contributed by atoms with Crippen molar-refractivity contribution in [2.45, 2.75) is 32.4 Å². The lowest BCUT2D eigenvalue weighted by Crippen LogP contribution is -2.37. The van der Waals surface area contributed by atoms with Gasteiger partial charge in [-0.2, -0.15) is 0 Å². The largest absolute Gasteiger partial charge is 0.444 e. The third-order valence-electron chi connectivity index (χ3n) is 3.20. The number of pyridine rings is 1. The quantitative estimate of drug-likeness (QED) is 0.816. The number of benzene rings is 1. The summed E-state index contributed by atoms with van der Waals surface area (Å²) in [5, 5.41) is 0.982. The van der Waals surface area contributed by atoms with Crippen molar-refractivity contribution in [1.29, 1.82) is 0 Å². The summed E-state index contributed by atoms with van der Waals surface area (Å²) in [6, 6.07) is 8.61. The first-order valence-corrected chi connectivity index (χ1v) is 7.07. The average molecular weight is 300 g/mol. The van der Waals surface area contributed by atoms with Gasteiger partial charge in [0.15, 0.2) is 0 Å². The molecular weight excluding hydrogens is 280 g/mol. The molecule has 0 fully saturated rings. The van der Waals surface area contributed by atoms with Crippen molar-refractivity contribution in [1.82, 2.24) is 9.88 Å². The van der Waals surface area contributed by atoms with E-state index in [4.69, 9.17) is 4.74 Å². The van der Waals surface area contributed by atoms with Crippen molar-refractivity contribution >= 4 is 23.3 Å². The van der Waals surface area contributed by atoms with Crippen LogP contribution < -0.4 is 0 Å². The molecule has 22 heavy (non-hydrogen) atoms. The van der Waals surface area contributed by atoms with Gasteiger partial charge in [-0.3, -0.25) is 9.88 Å². The second-order valence-corrected chi connectivity index (χ2v) is 6.13. The van der Waals surface area contributed by atoms with E-state index in [0.717, 1.165) is 17.2 Å². The number of nitrogens with zero attached hydrogens (tertiary/aromatic N) is 2. The molecule has 2 aromatic rings. The summed E-state index contributed by atoms with van der Waals surface area (Å²) in [6.45, 7) is 5.36. The minimum absolute atomic E-state index is 0.536. The summed E-state index contributed by atoms with van der Waals surface area (Å²) in [6.07, 6.45) is 1.89. The van der Waals surface area contributed by atoms with Crippen LogP contribution in [0.5, 0.6) is 0 Å². The van der Waals surface area contributed by atoms with E-state index in [-0.39, 0.29) is 0 Å². The number of likely N-dealkylation sites (N-methyl/N-ethyl adjacent to an activating group) is 1. The van der Waals surface area contributed by atoms with E-state index in [1.165, 1.54) is 4.90 Å². The monoisotopic (exact) mass is 300 g/mol. The summed E-state index contributed by atoms with van der Waals surface area (Å²) < 4.78 is 5.30. The molecule has 0 aliphatic carbocycles. The van der Waals surface area contributed by atoms with Crippen molar-refractivity contribution in [3.63, 3.8) is 0 Å². The summed E-state index contributed by atoms with van der Waals surface area (Å²) in [4.78, 5) is 29.2. The predicted octanol–water partition coefficient (Wildman–Crippen LogP) is 3.34. The van der Waals surface area contributed by atoms with Crippen molar-refractivity contribution in [2.24, 2.45) is 0 Å². The van der Waals surface area contributed by atoms with Gasteiger partial charge in [0, 0.05) is 18.6 Å². The smallest absolute Gasteiger partial charge is 0.410 e. The van der Waals surface area contributed by atoms with E-state index in [2.05, 4.69) is 4.98 Å². The Labute approximate surface area is 129 Å². The second kappa shape index (κ2) is 6.13. The summed E-state index contributed by atoms with van der Waals surface area (Å²) in [5.41, 5.74) is 0.878. The molecule has 0 spiro atoms. The molecule has 1 amide bonds. The molecule has 0 aliphatic heterocycles. The fraction of sp³-hybridized carbons (Fsp3) is 0.353. The number of hydrogen-bond donors (Lipinski definition) is 0. The molecule has 1 atom stereocenters. The predicted molar refractivity (Wildman–Crippen MR) is 84.5 cm³/mol. The Kier molecular flexibility index (Phi) is 4.45. The average Bonchev–Trinajstić information content (AvgIpc) is 2.46. The molecule has 5 nitrogen and oxygen atoms in total. The van der Waals surface area contributed by atoms with Gasteiger partial charge in [0.25, 0.3) is 0 Å². The molecule has 0 bridgehead atoms. The van der Waals surface area contributed by atoms with Crippen LogP contribution in [0.25, 0.3) is 10.9 Å². The number of ether oxygens (including phenoxy) is 1. The van der Waals surface area contributed by atoms with Gasteiger partial charge < -0.3 is 9.53 Å². The van der Waals surface area contributed by atoms with Gasteiger partial charge in [-0.1, -0.05) is 18.2 Å². The summed E-state index contributed by atoms with van der Waals surface area (Å²) in [5.74, 6) is 0. The molecule has 1 heterocycles. The van der Waals surface area contributed by atoms with Gasteiger partial charge in [0.2, 0.25) is 0 Å². The molecule has 1 aromatic heterocycles. The number of rotatable bonds is 3. The Morgan fingerprint density at radius 1 is 1.32 bits per heavy atom. The van der Waals surface area contributed by atoms with E-state index in [0.29, 0.717) is 5.56 Å². The lowest BCUT2D eigenvalue weighted by Gasteiger charge is -2.28. The van der Waals surface area contributed by atoms with Crippen molar-refractivity contribution in [3.05, 3.63) is 42.1 Å². The third kappa shape index (κ3) is 3.61. The van der Waals surface area contributed by atoms with E-state index in [9.17, 15) is 9.59 Å². The molecular formula is C17H20N2O3. The van der Waals surface area contributed by atoms with E-state index < -0.39 is 17.7 Å². The minimum atomic E-state index is -0.707. The maximum atomic E-state index is 12.1. The summed E-state index contributed by atoms with van der Waals surface area (Å²) >= 11 is 0. The highest BCUT2D eigenvalue weighted by atomic mass is 16.6. The molecule has 116 valence electrons. The molecule has 5 heteroatoms. The fourth-order valence-corrected chi connectivity index (χ4v) is 2.11. The van der Waals surface area contributed by atoms with Crippen LogP contribution in [0.3, 0.4) is 0 Å². The number of aldehydes is 1. The number of hydrogen-bond acceptors (Lipinski definition) is 4. The minimum Gasteiger partial charge on any atom is -0.444 e. The Hall–Kier alpha value is -2.43. The van der Waals surface area contributed by atoms with Gasteiger partial charge >= 0.3 is 6.09 Å². The number of amides is 1. The van der Waals surface area contributed by atoms with Crippen LogP contribution in [-0.2, 0) is 9.53 Å². The Balaban J connectivity index is 2.29. The van der Waals surface area contributed by atoms with Crippen LogP contribution in [0.15, 0.2) is 36.5 Å². The van der Waals surface area contributed by atoms with E-state index >= 15 is 0 Å². The van der Waals surface area contributed by atoms with Crippen LogP contribution in [0.4, 0.5) is 4.79 Å². The maximum absolute atomic E-state index is 12.1. The zero-order valence-electron chi connectivity index (χ0n) is 13.2. The Morgan fingerprint density at radius 3 is 2.68 bits per heavy atom. The SMILES string of the molecule is CN(C(=O)OC(C)(C)C)C(C=O)c1ccc2cccnc2c1. The summed E-state index contributed by atoms with van der Waals surface area (Å²) in [7, 11) is 1.55. The Morgan fingerprint density at radius 2 is 2.05 bits per heavy atom. The van der Waals surface area contributed by atoms with Gasteiger partial charge in [-0.15, -0.1) is 0 Å². The fourth-order valence-electron chi connectivity index (χ4n) is 2.11. The molecule has 0 N–H and O–H groups in total. The molecule has 2 rings (SSSR count). The maximum Gasteiger partial charge on any atom is 0.410 e. The molecule has 1 aromatic carbocycles. The third-order valence-corrected chi connectivity index (χ3v) is 3.20. The standard InChI is InChI=1S/C17H20N2O3/c1-17(2,3)22-16(21)19(4)15(11-20)13-8-7-12-6-5-9-18-14(12)10-13/h5-11,15H,1-4H3. The van der Waals surface area contributed by atoms with Crippen molar-refractivity contribution < 1.29 is 14.3 Å². The molecule has 0 saturated carbocycles. The molecule has 1 unspecified atom stereocenters. The molecule has 0 saturated heterocycles. The molecule has 0 aliphatic rings. The zero-order valence-corrected chi connectivity index (χ0v) is 13.2. The highest BCUT2D eigenvalue weighted by Gasteiger charge is 2.26. The normalized spacial score (nSPS) is 12.7. The lowest BCUT2D eigenvalue weighted by molar-refractivity contribution is -0.112. The van der Waals surface area contributed by atoms with Crippen LogP contribution in [-0.4, -0.2) is 34.9 Å². The number of fused-ring (bicyclic) bond motifs is 1. The first-order valence-electron chi connectivity index (χ1n) is 7.07. The highest BCUT2D eigenvalue weighted by molar-refractivity contribution is 5.81. The zero-order chi connectivity index (χ0) is 16.3. The van der Waals surface area contributed by atoms with Gasteiger partial charge in [-0.05, 0) is 38.5 Å². The Bertz CT molecular complexity index is 692. The van der Waals surface area contributed by atoms with Crippen molar-refractivity contribution in [2.75, 3.05) is 7.05 Å². The van der Waals surface area contributed by atoms with Crippen LogP contribution in [0, 0.1) is 0 Å². The number of carbonyl (C=O) groups excluding carboxylic acids is 2. The van der Waals surface area contributed by atoms with Gasteiger partial charge in [0.05, 0.1) is 5.52 Å². The van der Waals surface area contributed by atoms with Gasteiger partial charge in [-0.25, -0.2) is 4.79 Å². The first kappa shape index (κ1) is 15.9. The van der Waals surface area contributed by atoms with Crippen LogP contribution >= 0.6 is 0 Å². The van der Waals surface area contributed by atoms with Crippen LogP contribution in [0.1, 0.15) is 32.4 Å². The second-order valence-electron chi connectivity index (χ2n) is 6.13. The number of aromatic nitrogens is 1. The van der Waals surface area contributed by atoms with E-state index in [1.807, 2.05) is 30.3 Å². The van der Waals surface area contributed by atoms with Crippen molar-refractivity contribution in [3.8, 4) is 0 Å². The highest BCUT2D eigenvalue weighted by Crippen LogP contribution is 2.23. The van der Waals surface area contributed by atoms with E-state index in [1.54, 1.807) is 34.0 Å². The topological polar surface area (TPSA) is 59.5 Å². The molecule has 0 radical (unpaired) electrons. The van der Waals surface area contributed by atoms with Crippen LogP contribution in [0.2, 0.25) is 0 Å².